The molecule has 0 bridgehead atoms. The number of likely N-dealkylation sites (tertiary alicyclic amines) is 1. The number of nitrogens with zero attached hydrogens (tertiary/aromatic N) is 4. The minimum atomic E-state index is -0.00186. The van der Waals surface area contributed by atoms with Gasteiger partial charge in [-0.15, -0.1) is 0 Å². The molecule has 7 nitrogen and oxygen atoms in total. The van der Waals surface area contributed by atoms with Gasteiger partial charge in [0.15, 0.2) is 5.69 Å². The molecule has 0 N–H and O–H groups in total. The van der Waals surface area contributed by atoms with Crippen molar-refractivity contribution in [1.82, 2.24) is 19.7 Å². The zero-order chi connectivity index (χ0) is 23.2. The number of piperidine rings is 1. The quantitative estimate of drug-likeness (QED) is 0.521. The van der Waals surface area contributed by atoms with Crippen molar-refractivity contribution in [3.8, 4) is 11.5 Å². The van der Waals surface area contributed by atoms with Gasteiger partial charge in [-0.05, 0) is 49.1 Å². The molecule has 1 aromatic heterocycles. The molecule has 34 heavy (non-hydrogen) atoms. The molecule has 7 heteroatoms. The van der Waals surface area contributed by atoms with E-state index in [0.717, 1.165) is 70.2 Å². The molecule has 178 valence electrons. The van der Waals surface area contributed by atoms with Gasteiger partial charge in [0, 0.05) is 45.8 Å². The van der Waals surface area contributed by atoms with Crippen LogP contribution in [0.1, 0.15) is 41.2 Å². The summed E-state index contributed by atoms with van der Waals surface area (Å²) in [7, 11) is 0. The topological polar surface area (TPSA) is 62.1 Å². The number of oxazole rings is 1. The van der Waals surface area contributed by atoms with Gasteiger partial charge in [0.1, 0.15) is 17.8 Å². The number of piperazine rings is 1. The monoisotopic (exact) mass is 460 g/mol. The summed E-state index contributed by atoms with van der Waals surface area (Å²) in [4.78, 5) is 23.8. The van der Waals surface area contributed by atoms with Crippen LogP contribution in [0.25, 0.3) is 0 Å². The maximum Gasteiger partial charge on any atom is 0.275 e. The minimum absolute atomic E-state index is 0.00186. The van der Waals surface area contributed by atoms with E-state index in [9.17, 15) is 4.79 Å². The Balaban J connectivity index is 1.09. The van der Waals surface area contributed by atoms with Crippen molar-refractivity contribution in [2.24, 2.45) is 0 Å². The second-order valence-corrected chi connectivity index (χ2v) is 9.09. The van der Waals surface area contributed by atoms with Gasteiger partial charge in [-0.25, -0.2) is 4.98 Å². The number of hydrogen-bond acceptors (Lipinski definition) is 6. The van der Waals surface area contributed by atoms with E-state index in [1.54, 1.807) is 0 Å². The molecule has 2 aliphatic rings. The highest BCUT2D eigenvalue weighted by Gasteiger charge is 2.23. The maximum absolute atomic E-state index is 12.6. The Kier molecular flexibility index (Phi) is 7.22. The summed E-state index contributed by atoms with van der Waals surface area (Å²) in [5.74, 6) is 2.33. The van der Waals surface area contributed by atoms with E-state index in [1.807, 2.05) is 41.3 Å². The van der Waals surface area contributed by atoms with Crippen LogP contribution in [0.4, 0.5) is 0 Å². The highest BCUT2D eigenvalue weighted by atomic mass is 16.5. The molecule has 2 saturated heterocycles. The van der Waals surface area contributed by atoms with Crippen molar-refractivity contribution >= 4 is 5.91 Å². The van der Waals surface area contributed by atoms with Crippen LogP contribution in [0, 0.1) is 0 Å². The second kappa shape index (κ2) is 10.8. The highest BCUT2D eigenvalue weighted by molar-refractivity contribution is 5.92. The first kappa shape index (κ1) is 22.6. The van der Waals surface area contributed by atoms with Crippen LogP contribution in [-0.4, -0.2) is 64.9 Å². The molecule has 0 atom stereocenters. The summed E-state index contributed by atoms with van der Waals surface area (Å²) in [6.45, 7) is 7.02. The lowest BCUT2D eigenvalue weighted by Gasteiger charge is -2.34. The normalized spacial score (nSPS) is 17.6. The van der Waals surface area contributed by atoms with Crippen LogP contribution < -0.4 is 4.74 Å². The van der Waals surface area contributed by atoms with Gasteiger partial charge in [0.25, 0.3) is 5.91 Å². The smallest absolute Gasteiger partial charge is 0.275 e. The summed E-state index contributed by atoms with van der Waals surface area (Å²) < 4.78 is 11.6. The highest BCUT2D eigenvalue weighted by Crippen LogP contribution is 2.23. The van der Waals surface area contributed by atoms with Gasteiger partial charge < -0.3 is 14.1 Å². The zero-order valence-corrected chi connectivity index (χ0v) is 19.6. The van der Waals surface area contributed by atoms with Crippen molar-refractivity contribution in [2.75, 3.05) is 39.3 Å². The lowest BCUT2D eigenvalue weighted by atomic mass is 10.1. The first-order valence-corrected chi connectivity index (χ1v) is 12.2. The largest absolute Gasteiger partial charge is 0.457 e. The van der Waals surface area contributed by atoms with Crippen molar-refractivity contribution in [3.63, 3.8) is 0 Å². The Morgan fingerprint density at radius 1 is 0.824 bits per heavy atom. The molecule has 1 amide bonds. The van der Waals surface area contributed by atoms with E-state index in [1.165, 1.54) is 18.2 Å². The molecule has 0 spiro atoms. The third-order valence-corrected chi connectivity index (χ3v) is 6.52. The van der Waals surface area contributed by atoms with E-state index in [0.29, 0.717) is 18.1 Å². The van der Waals surface area contributed by atoms with Crippen LogP contribution in [-0.2, 0) is 13.1 Å². The Labute approximate surface area is 200 Å². The number of ether oxygens (including phenoxy) is 1. The Hall–Kier alpha value is -3.16. The number of carbonyl (C=O) groups is 1. The second-order valence-electron chi connectivity index (χ2n) is 9.09. The Morgan fingerprint density at radius 3 is 2.29 bits per heavy atom. The first-order chi connectivity index (χ1) is 16.7. The van der Waals surface area contributed by atoms with Gasteiger partial charge in [0.2, 0.25) is 5.89 Å². The molecule has 3 heterocycles. The molecular formula is C27H32N4O3. The lowest BCUT2D eigenvalue weighted by Crippen LogP contribution is -2.45. The summed E-state index contributed by atoms with van der Waals surface area (Å²) in [5.41, 5.74) is 1.68. The molecule has 0 unspecified atom stereocenters. The average Bonchev–Trinajstić information content (AvgIpc) is 3.35. The Morgan fingerprint density at radius 2 is 1.53 bits per heavy atom. The number of amides is 1. The molecule has 0 aliphatic carbocycles. The fraction of sp³-hybridized carbons (Fsp3) is 0.407. The van der Waals surface area contributed by atoms with Crippen molar-refractivity contribution < 1.29 is 13.9 Å². The first-order valence-electron chi connectivity index (χ1n) is 12.2. The predicted octanol–water partition coefficient (Wildman–Crippen LogP) is 4.41. The van der Waals surface area contributed by atoms with Gasteiger partial charge in [0.05, 0.1) is 6.54 Å². The van der Waals surface area contributed by atoms with Crippen LogP contribution in [0.3, 0.4) is 0 Å². The van der Waals surface area contributed by atoms with E-state index >= 15 is 0 Å². The van der Waals surface area contributed by atoms with E-state index in [2.05, 4.69) is 33.0 Å². The van der Waals surface area contributed by atoms with Crippen molar-refractivity contribution in [1.29, 1.82) is 0 Å². The average molecular weight is 461 g/mol. The summed E-state index contributed by atoms with van der Waals surface area (Å²) in [5, 5.41) is 0. The van der Waals surface area contributed by atoms with Crippen LogP contribution in [0.2, 0.25) is 0 Å². The van der Waals surface area contributed by atoms with E-state index in [4.69, 9.17) is 9.15 Å². The van der Waals surface area contributed by atoms with Crippen molar-refractivity contribution in [3.05, 3.63) is 78.0 Å². The fourth-order valence-electron chi connectivity index (χ4n) is 4.63. The van der Waals surface area contributed by atoms with E-state index in [-0.39, 0.29) is 5.91 Å². The van der Waals surface area contributed by atoms with Crippen LogP contribution in [0.5, 0.6) is 11.5 Å². The minimum Gasteiger partial charge on any atom is -0.457 e. The van der Waals surface area contributed by atoms with E-state index < -0.39 is 0 Å². The standard InChI is InChI=1S/C27H32N4O3/c32-27(31-12-5-2-6-13-31)25-21-33-26(28-25)20-30-16-14-29(15-17-30)19-22-8-7-11-24(18-22)34-23-9-3-1-4-10-23/h1,3-4,7-11,18,21H,2,5-6,12-17,19-20H2. The summed E-state index contributed by atoms with van der Waals surface area (Å²) in [6, 6.07) is 18.2. The number of para-hydroxylation sites is 1. The molecule has 3 aromatic rings. The van der Waals surface area contributed by atoms with Crippen molar-refractivity contribution in [2.45, 2.75) is 32.4 Å². The number of benzene rings is 2. The zero-order valence-electron chi connectivity index (χ0n) is 19.6. The lowest BCUT2D eigenvalue weighted by molar-refractivity contribution is 0.0718. The van der Waals surface area contributed by atoms with Gasteiger partial charge in [-0.3, -0.25) is 14.6 Å². The third-order valence-electron chi connectivity index (χ3n) is 6.52. The molecular weight excluding hydrogens is 428 g/mol. The third kappa shape index (κ3) is 5.85. The number of rotatable bonds is 7. The number of hydrogen-bond donors (Lipinski definition) is 0. The van der Waals surface area contributed by atoms with Crippen LogP contribution in [0.15, 0.2) is 65.3 Å². The van der Waals surface area contributed by atoms with Crippen LogP contribution >= 0.6 is 0 Å². The fourth-order valence-corrected chi connectivity index (χ4v) is 4.63. The van der Waals surface area contributed by atoms with Gasteiger partial charge in [-0.2, -0.15) is 0 Å². The molecule has 0 saturated carbocycles. The molecule has 2 fully saturated rings. The molecule has 2 aliphatic heterocycles. The van der Waals surface area contributed by atoms with Gasteiger partial charge in [-0.1, -0.05) is 30.3 Å². The summed E-state index contributed by atoms with van der Waals surface area (Å²) >= 11 is 0. The SMILES string of the molecule is O=C(c1coc(CN2CCN(Cc3cccc(Oc4ccccc4)c3)CC2)n1)N1CCCCC1. The molecule has 5 rings (SSSR count). The molecule has 2 aromatic carbocycles. The molecule has 0 radical (unpaired) electrons. The predicted molar refractivity (Wildman–Crippen MR) is 130 cm³/mol. The summed E-state index contributed by atoms with van der Waals surface area (Å²) in [6.07, 6.45) is 4.87. The van der Waals surface area contributed by atoms with Gasteiger partial charge >= 0.3 is 0 Å². The number of carbonyl (C=O) groups excluding carboxylic acids is 1. The maximum atomic E-state index is 12.6. The number of aromatic nitrogens is 1. The Bertz CT molecular complexity index is 1070.